The predicted octanol–water partition coefficient (Wildman–Crippen LogP) is 4.24. The Balaban J connectivity index is 2.75. The third-order valence-electron chi connectivity index (χ3n) is 2.45. The maximum absolute atomic E-state index is 13.3. The van der Waals surface area contributed by atoms with Crippen LogP contribution in [0.4, 0.5) is 4.39 Å². The first-order valence-electron chi connectivity index (χ1n) is 5.41. The van der Waals surface area contributed by atoms with Gasteiger partial charge in [-0.15, -0.1) is 0 Å². The molecule has 1 aromatic rings. The van der Waals surface area contributed by atoms with Crippen molar-refractivity contribution in [1.82, 2.24) is 5.32 Å². The summed E-state index contributed by atoms with van der Waals surface area (Å²) in [5.74, 6) is -0.241. The first-order chi connectivity index (χ1) is 7.56. The van der Waals surface area contributed by atoms with Crippen LogP contribution in [-0.2, 0) is 0 Å². The van der Waals surface area contributed by atoms with Crippen LogP contribution < -0.4 is 5.32 Å². The number of hydrogen-bond donors (Lipinski definition) is 1. The SMILES string of the molecule is CCCNCC(C)c1cc(F)c(Cl)cc1Cl. The van der Waals surface area contributed by atoms with Crippen LogP contribution >= 0.6 is 23.2 Å². The maximum atomic E-state index is 13.3. The molecular weight excluding hydrogens is 248 g/mol. The minimum Gasteiger partial charge on any atom is -0.316 e. The van der Waals surface area contributed by atoms with Gasteiger partial charge in [0.05, 0.1) is 5.02 Å². The summed E-state index contributed by atoms with van der Waals surface area (Å²) in [6, 6.07) is 2.88. The molecule has 0 aliphatic carbocycles. The van der Waals surface area contributed by atoms with E-state index in [9.17, 15) is 4.39 Å². The van der Waals surface area contributed by atoms with Crippen molar-refractivity contribution in [3.8, 4) is 0 Å². The lowest BCUT2D eigenvalue weighted by Crippen LogP contribution is -2.21. The van der Waals surface area contributed by atoms with Gasteiger partial charge in [-0.2, -0.15) is 0 Å². The molecule has 0 fully saturated rings. The molecule has 0 bridgehead atoms. The van der Waals surface area contributed by atoms with E-state index in [1.807, 2.05) is 6.92 Å². The van der Waals surface area contributed by atoms with Crippen LogP contribution in [0.15, 0.2) is 12.1 Å². The summed E-state index contributed by atoms with van der Waals surface area (Å²) in [7, 11) is 0. The van der Waals surface area contributed by atoms with E-state index in [1.165, 1.54) is 12.1 Å². The molecule has 0 radical (unpaired) electrons. The second-order valence-electron chi connectivity index (χ2n) is 3.89. The topological polar surface area (TPSA) is 12.0 Å². The lowest BCUT2D eigenvalue weighted by Gasteiger charge is -2.15. The smallest absolute Gasteiger partial charge is 0.142 e. The molecule has 1 atom stereocenters. The van der Waals surface area contributed by atoms with Crippen LogP contribution in [0.2, 0.25) is 10.0 Å². The normalized spacial score (nSPS) is 12.8. The quantitative estimate of drug-likeness (QED) is 0.619. The summed E-state index contributed by atoms with van der Waals surface area (Å²) in [6.45, 7) is 5.86. The molecule has 0 saturated carbocycles. The number of nitrogens with one attached hydrogen (secondary N) is 1. The Morgan fingerprint density at radius 2 is 2.00 bits per heavy atom. The third-order valence-corrected chi connectivity index (χ3v) is 3.06. The van der Waals surface area contributed by atoms with E-state index < -0.39 is 5.82 Å². The number of halogens is 3. The van der Waals surface area contributed by atoms with Gasteiger partial charge in [-0.1, -0.05) is 37.0 Å². The number of benzene rings is 1. The molecule has 0 aliphatic heterocycles. The summed E-state index contributed by atoms with van der Waals surface area (Å²) in [6.07, 6.45) is 1.08. The molecule has 0 aliphatic rings. The molecule has 4 heteroatoms. The lowest BCUT2D eigenvalue weighted by molar-refractivity contribution is 0.596. The highest BCUT2D eigenvalue weighted by molar-refractivity contribution is 6.35. The highest BCUT2D eigenvalue weighted by Crippen LogP contribution is 2.29. The van der Waals surface area contributed by atoms with Gasteiger partial charge in [-0.3, -0.25) is 0 Å². The van der Waals surface area contributed by atoms with E-state index >= 15 is 0 Å². The average molecular weight is 264 g/mol. The van der Waals surface area contributed by atoms with Gasteiger partial charge < -0.3 is 5.32 Å². The van der Waals surface area contributed by atoms with E-state index in [0.29, 0.717) is 5.02 Å². The first kappa shape index (κ1) is 13.8. The highest BCUT2D eigenvalue weighted by Gasteiger charge is 2.12. The molecule has 1 unspecified atom stereocenters. The zero-order valence-electron chi connectivity index (χ0n) is 9.49. The standard InChI is InChI=1S/C12H16Cl2FN/c1-3-4-16-7-8(2)9-5-12(15)11(14)6-10(9)13/h5-6,8,16H,3-4,7H2,1-2H3. The van der Waals surface area contributed by atoms with E-state index in [1.54, 1.807) is 0 Å². The molecular formula is C12H16Cl2FN. The monoisotopic (exact) mass is 263 g/mol. The van der Waals surface area contributed by atoms with Gasteiger partial charge >= 0.3 is 0 Å². The molecule has 0 aromatic heterocycles. The largest absolute Gasteiger partial charge is 0.316 e. The van der Waals surface area contributed by atoms with Crippen molar-refractivity contribution in [1.29, 1.82) is 0 Å². The minimum absolute atomic E-state index is 0.0717. The van der Waals surface area contributed by atoms with Crippen molar-refractivity contribution in [2.45, 2.75) is 26.2 Å². The van der Waals surface area contributed by atoms with E-state index in [-0.39, 0.29) is 10.9 Å². The van der Waals surface area contributed by atoms with Crippen LogP contribution in [0.5, 0.6) is 0 Å². The third kappa shape index (κ3) is 3.62. The molecule has 1 nitrogen and oxygen atoms in total. The van der Waals surface area contributed by atoms with Crippen molar-refractivity contribution in [2.75, 3.05) is 13.1 Å². The Morgan fingerprint density at radius 1 is 1.31 bits per heavy atom. The van der Waals surface area contributed by atoms with Gasteiger partial charge in [0, 0.05) is 11.6 Å². The molecule has 1 aromatic carbocycles. The van der Waals surface area contributed by atoms with Gasteiger partial charge in [0.15, 0.2) is 0 Å². The molecule has 0 amide bonds. The van der Waals surface area contributed by atoms with E-state index in [4.69, 9.17) is 23.2 Å². The summed E-state index contributed by atoms with van der Waals surface area (Å²) >= 11 is 11.7. The van der Waals surface area contributed by atoms with Crippen molar-refractivity contribution in [3.63, 3.8) is 0 Å². The fraction of sp³-hybridized carbons (Fsp3) is 0.500. The van der Waals surface area contributed by atoms with Crippen molar-refractivity contribution in [3.05, 3.63) is 33.6 Å². The Kier molecular flexibility index (Phi) is 5.53. The Morgan fingerprint density at radius 3 is 2.62 bits per heavy atom. The fourth-order valence-corrected chi connectivity index (χ4v) is 2.09. The van der Waals surface area contributed by atoms with Gasteiger partial charge in [0.25, 0.3) is 0 Å². The van der Waals surface area contributed by atoms with Crippen LogP contribution in [-0.4, -0.2) is 13.1 Å². The van der Waals surface area contributed by atoms with E-state index in [2.05, 4.69) is 12.2 Å². The molecule has 90 valence electrons. The van der Waals surface area contributed by atoms with Crippen molar-refractivity contribution >= 4 is 23.2 Å². The molecule has 1 rings (SSSR count). The fourth-order valence-electron chi connectivity index (χ4n) is 1.52. The maximum Gasteiger partial charge on any atom is 0.142 e. The lowest BCUT2D eigenvalue weighted by atomic mass is 10.0. The van der Waals surface area contributed by atoms with Gasteiger partial charge in [0.2, 0.25) is 0 Å². The number of rotatable bonds is 5. The molecule has 16 heavy (non-hydrogen) atoms. The molecule has 0 spiro atoms. The van der Waals surface area contributed by atoms with Crippen molar-refractivity contribution < 1.29 is 4.39 Å². The van der Waals surface area contributed by atoms with Crippen LogP contribution in [0.25, 0.3) is 0 Å². The van der Waals surface area contributed by atoms with Gasteiger partial charge in [-0.25, -0.2) is 4.39 Å². The highest BCUT2D eigenvalue weighted by atomic mass is 35.5. The average Bonchev–Trinajstić information content (AvgIpc) is 2.23. The Bertz CT molecular complexity index is 355. The second-order valence-corrected chi connectivity index (χ2v) is 4.71. The summed E-state index contributed by atoms with van der Waals surface area (Å²) in [5, 5.41) is 3.88. The van der Waals surface area contributed by atoms with E-state index in [0.717, 1.165) is 25.1 Å². The van der Waals surface area contributed by atoms with Crippen LogP contribution in [0.1, 0.15) is 31.7 Å². The summed E-state index contributed by atoms with van der Waals surface area (Å²) in [5.41, 5.74) is 0.798. The van der Waals surface area contributed by atoms with Gasteiger partial charge in [0.1, 0.15) is 5.82 Å². The zero-order valence-corrected chi connectivity index (χ0v) is 11.0. The Labute approximate surface area is 106 Å². The van der Waals surface area contributed by atoms with Crippen molar-refractivity contribution in [2.24, 2.45) is 0 Å². The van der Waals surface area contributed by atoms with Crippen LogP contribution in [0.3, 0.4) is 0 Å². The molecule has 1 N–H and O–H groups in total. The molecule has 0 saturated heterocycles. The minimum atomic E-state index is -0.414. The summed E-state index contributed by atoms with van der Waals surface area (Å²) in [4.78, 5) is 0. The number of hydrogen-bond acceptors (Lipinski definition) is 1. The predicted molar refractivity (Wildman–Crippen MR) is 68.0 cm³/mol. The second kappa shape index (κ2) is 6.43. The first-order valence-corrected chi connectivity index (χ1v) is 6.17. The molecule has 0 heterocycles. The Hall–Kier alpha value is -0.310. The van der Waals surface area contributed by atoms with Gasteiger partial charge in [-0.05, 0) is 36.6 Å². The zero-order chi connectivity index (χ0) is 12.1. The van der Waals surface area contributed by atoms with Crippen LogP contribution in [0, 0.1) is 5.82 Å². The summed E-state index contributed by atoms with van der Waals surface area (Å²) < 4.78 is 13.3.